The van der Waals surface area contributed by atoms with Crippen LogP contribution in [0.1, 0.15) is 36.4 Å². The minimum atomic E-state index is -2.87. The van der Waals surface area contributed by atoms with Crippen molar-refractivity contribution in [2.75, 3.05) is 25.4 Å². The molecule has 3 aromatic rings. The third-order valence-corrected chi connectivity index (χ3v) is 5.45. The number of fused-ring (bicyclic) bond motifs is 1. The quantitative estimate of drug-likeness (QED) is 0.743. The Morgan fingerprint density at radius 1 is 1.14 bits per heavy atom. The monoisotopic (exact) mass is 386 g/mol. The predicted octanol–water partition coefficient (Wildman–Crippen LogP) is 3.54. The minimum absolute atomic E-state index is 0.0733. The molecular formula is C20H24F2N6. The van der Waals surface area contributed by atoms with Crippen molar-refractivity contribution in [3.05, 3.63) is 47.9 Å². The van der Waals surface area contributed by atoms with Gasteiger partial charge in [-0.15, -0.1) is 0 Å². The van der Waals surface area contributed by atoms with Gasteiger partial charge in [-0.3, -0.25) is 4.90 Å². The molecule has 2 N–H and O–H groups in total. The molecule has 1 fully saturated rings. The van der Waals surface area contributed by atoms with Gasteiger partial charge in [0.05, 0.1) is 24.2 Å². The van der Waals surface area contributed by atoms with Crippen molar-refractivity contribution in [1.82, 2.24) is 24.6 Å². The van der Waals surface area contributed by atoms with Crippen molar-refractivity contribution in [2.45, 2.75) is 38.2 Å². The van der Waals surface area contributed by atoms with Gasteiger partial charge < -0.3 is 5.73 Å². The van der Waals surface area contributed by atoms with E-state index in [9.17, 15) is 8.78 Å². The van der Waals surface area contributed by atoms with Crippen molar-refractivity contribution < 1.29 is 8.78 Å². The topological polar surface area (TPSA) is 72.9 Å². The fourth-order valence-corrected chi connectivity index (χ4v) is 3.86. The highest BCUT2D eigenvalue weighted by Gasteiger charge is 2.34. The number of halogens is 2. The maximum atomic E-state index is 14.7. The molecule has 8 heteroatoms. The minimum Gasteiger partial charge on any atom is -0.383 e. The van der Waals surface area contributed by atoms with E-state index in [-0.39, 0.29) is 18.2 Å². The van der Waals surface area contributed by atoms with Crippen molar-refractivity contribution in [2.24, 2.45) is 0 Å². The van der Waals surface area contributed by atoms with Gasteiger partial charge in [0.2, 0.25) is 0 Å². The van der Waals surface area contributed by atoms with E-state index in [0.29, 0.717) is 24.6 Å². The number of aryl methyl sites for hydroxylation is 1. The molecule has 1 aliphatic heterocycles. The van der Waals surface area contributed by atoms with Crippen LogP contribution in [-0.4, -0.2) is 44.3 Å². The van der Waals surface area contributed by atoms with Crippen LogP contribution < -0.4 is 5.73 Å². The van der Waals surface area contributed by atoms with Gasteiger partial charge in [0.1, 0.15) is 12.1 Å². The van der Waals surface area contributed by atoms with Crippen molar-refractivity contribution >= 4 is 16.9 Å². The highest BCUT2D eigenvalue weighted by Crippen LogP contribution is 2.32. The molecule has 1 atom stereocenters. The number of nitrogen functional groups attached to an aromatic ring is 1. The molecule has 1 aliphatic rings. The normalized spacial score (nSPS) is 19.0. The van der Waals surface area contributed by atoms with Crippen molar-refractivity contribution in [3.63, 3.8) is 0 Å². The molecule has 0 bridgehead atoms. The zero-order chi connectivity index (χ0) is 19.7. The van der Waals surface area contributed by atoms with E-state index in [0.717, 1.165) is 30.2 Å². The fraction of sp³-hybridized carbons (Fsp3) is 0.450. The molecule has 0 aliphatic carbocycles. The summed E-state index contributed by atoms with van der Waals surface area (Å²) in [7, 11) is 0. The molecule has 1 saturated heterocycles. The molecule has 0 saturated carbocycles. The molecule has 2 aromatic heterocycles. The van der Waals surface area contributed by atoms with Crippen LogP contribution in [0.15, 0.2) is 36.8 Å². The van der Waals surface area contributed by atoms with Crippen LogP contribution in [-0.2, 0) is 5.92 Å². The summed E-state index contributed by atoms with van der Waals surface area (Å²) in [5.41, 5.74) is 7.65. The van der Waals surface area contributed by atoms with Gasteiger partial charge in [-0.25, -0.2) is 14.6 Å². The number of alkyl halides is 2. The first-order chi connectivity index (χ1) is 13.4. The van der Waals surface area contributed by atoms with Gasteiger partial charge in [0.15, 0.2) is 5.65 Å². The van der Waals surface area contributed by atoms with Crippen LogP contribution in [0.2, 0.25) is 0 Å². The molecule has 6 nitrogen and oxygen atoms in total. The maximum Gasteiger partial charge on any atom is 0.285 e. The Morgan fingerprint density at radius 2 is 1.93 bits per heavy atom. The van der Waals surface area contributed by atoms with Gasteiger partial charge in [-0.1, -0.05) is 29.8 Å². The Hall–Kier alpha value is -2.61. The highest BCUT2D eigenvalue weighted by molar-refractivity contribution is 5.84. The lowest BCUT2D eigenvalue weighted by Gasteiger charge is -2.26. The number of hydrogen-bond acceptors (Lipinski definition) is 5. The van der Waals surface area contributed by atoms with Crippen molar-refractivity contribution in [3.8, 4) is 0 Å². The summed E-state index contributed by atoms with van der Waals surface area (Å²) < 4.78 is 31.3. The second-order valence-electron chi connectivity index (χ2n) is 7.52. The highest BCUT2D eigenvalue weighted by atomic mass is 19.3. The SMILES string of the molecule is Cc1ccc(C(F)(F)CN2CCCC(n3ncc4c(N)ncnc43)CC2)cc1. The summed E-state index contributed by atoms with van der Waals surface area (Å²) in [6.07, 6.45) is 5.55. The molecule has 28 heavy (non-hydrogen) atoms. The van der Waals surface area contributed by atoms with Crippen LogP contribution in [0.3, 0.4) is 0 Å². The molecule has 1 unspecified atom stereocenters. The summed E-state index contributed by atoms with van der Waals surface area (Å²) in [4.78, 5) is 10.2. The third-order valence-electron chi connectivity index (χ3n) is 5.45. The first-order valence-electron chi connectivity index (χ1n) is 9.55. The summed E-state index contributed by atoms with van der Waals surface area (Å²) in [5.74, 6) is -2.46. The number of nitrogens with zero attached hydrogens (tertiary/aromatic N) is 5. The Labute approximate surface area is 162 Å². The molecule has 1 aromatic carbocycles. The van der Waals surface area contributed by atoms with Gasteiger partial charge in [-0.2, -0.15) is 13.9 Å². The summed E-state index contributed by atoms with van der Waals surface area (Å²) in [6.45, 7) is 2.87. The number of anilines is 1. The largest absolute Gasteiger partial charge is 0.383 e. The van der Waals surface area contributed by atoms with E-state index in [4.69, 9.17) is 5.73 Å². The Kier molecular flexibility index (Phi) is 4.97. The fourth-order valence-electron chi connectivity index (χ4n) is 3.86. The molecule has 3 heterocycles. The Balaban J connectivity index is 1.46. The van der Waals surface area contributed by atoms with Gasteiger partial charge in [-0.05, 0) is 32.7 Å². The zero-order valence-corrected chi connectivity index (χ0v) is 15.9. The summed E-state index contributed by atoms with van der Waals surface area (Å²) >= 11 is 0. The zero-order valence-electron chi connectivity index (χ0n) is 15.9. The Bertz CT molecular complexity index is 953. The van der Waals surface area contributed by atoms with Gasteiger partial charge >= 0.3 is 0 Å². The number of likely N-dealkylation sites (tertiary alicyclic amines) is 1. The Morgan fingerprint density at radius 3 is 2.71 bits per heavy atom. The van der Waals surface area contributed by atoms with Gasteiger partial charge in [0, 0.05) is 12.1 Å². The lowest BCUT2D eigenvalue weighted by molar-refractivity contribution is -0.0373. The maximum absolute atomic E-state index is 14.7. The van der Waals surface area contributed by atoms with E-state index >= 15 is 0 Å². The average molecular weight is 386 g/mol. The van der Waals surface area contributed by atoms with Crippen LogP contribution >= 0.6 is 0 Å². The van der Waals surface area contributed by atoms with Gasteiger partial charge in [0.25, 0.3) is 5.92 Å². The molecule has 0 radical (unpaired) electrons. The van der Waals surface area contributed by atoms with E-state index < -0.39 is 5.92 Å². The number of aromatic nitrogens is 4. The first kappa shape index (κ1) is 18.7. The number of hydrogen-bond donors (Lipinski definition) is 1. The molecule has 0 spiro atoms. The average Bonchev–Trinajstić information content (AvgIpc) is 2.97. The number of benzene rings is 1. The van der Waals surface area contributed by atoms with Crippen molar-refractivity contribution in [1.29, 1.82) is 0 Å². The van der Waals surface area contributed by atoms with E-state index in [1.807, 2.05) is 16.5 Å². The van der Waals surface area contributed by atoms with Crippen LogP contribution in [0.5, 0.6) is 0 Å². The van der Waals surface area contributed by atoms with E-state index in [1.165, 1.54) is 18.5 Å². The molecule has 4 rings (SSSR count). The van der Waals surface area contributed by atoms with E-state index in [1.54, 1.807) is 18.3 Å². The second kappa shape index (κ2) is 7.43. The summed E-state index contributed by atoms with van der Waals surface area (Å²) in [6, 6.07) is 6.63. The van der Waals surface area contributed by atoms with Crippen LogP contribution in [0.25, 0.3) is 11.0 Å². The second-order valence-corrected chi connectivity index (χ2v) is 7.52. The predicted molar refractivity (Wildman–Crippen MR) is 104 cm³/mol. The third kappa shape index (κ3) is 3.69. The number of rotatable bonds is 4. The van der Waals surface area contributed by atoms with Crippen LogP contribution in [0, 0.1) is 6.92 Å². The molecule has 148 valence electrons. The molecule has 0 amide bonds. The molecular weight excluding hydrogens is 362 g/mol. The first-order valence-corrected chi connectivity index (χ1v) is 9.55. The van der Waals surface area contributed by atoms with E-state index in [2.05, 4.69) is 15.1 Å². The van der Waals surface area contributed by atoms with Crippen LogP contribution in [0.4, 0.5) is 14.6 Å². The lowest BCUT2D eigenvalue weighted by Crippen LogP contribution is -2.36. The summed E-state index contributed by atoms with van der Waals surface area (Å²) in [5, 5.41) is 5.18. The standard InChI is InChI=1S/C20H24F2N6/c1-14-4-6-15(7-5-14)20(21,22)12-27-9-2-3-16(8-10-27)28-19-17(11-26-28)18(23)24-13-25-19/h4-7,11,13,16H,2-3,8-10,12H2,1H3,(H2,23,24,25). The lowest BCUT2D eigenvalue weighted by atomic mass is 10.1. The number of nitrogens with two attached hydrogens (primary N) is 1. The smallest absolute Gasteiger partial charge is 0.285 e.